The van der Waals surface area contributed by atoms with Gasteiger partial charge in [0.1, 0.15) is 0 Å². The maximum Gasteiger partial charge on any atom is 0.161 e. The molecule has 20 heavy (non-hydrogen) atoms. The van der Waals surface area contributed by atoms with Crippen LogP contribution in [0, 0.1) is 0 Å². The van der Waals surface area contributed by atoms with E-state index in [0.717, 1.165) is 36.3 Å². The van der Waals surface area contributed by atoms with Crippen molar-refractivity contribution in [3.8, 4) is 11.5 Å². The lowest BCUT2D eigenvalue weighted by Gasteiger charge is -2.18. The van der Waals surface area contributed by atoms with Crippen LogP contribution in [0.4, 0.5) is 0 Å². The van der Waals surface area contributed by atoms with Gasteiger partial charge in [0.25, 0.3) is 0 Å². The highest BCUT2D eigenvalue weighted by molar-refractivity contribution is 5.49. The lowest BCUT2D eigenvalue weighted by atomic mass is 9.99. The second kappa shape index (κ2) is 7.50. The first kappa shape index (κ1) is 15.1. The Hall–Kier alpha value is -1.26. The molecule has 0 aliphatic carbocycles. The van der Waals surface area contributed by atoms with E-state index in [9.17, 15) is 0 Å². The van der Waals surface area contributed by atoms with Crippen LogP contribution >= 0.6 is 0 Å². The molecule has 2 N–H and O–H groups in total. The molecule has 1 aliphatic rings. The fourth-order valence-electron chi connectivity index (χ4n) is 2.31. The molecule has 2 rings (SSSR count). The van der Waals surface area contributed by atoms with Crippen molar-refractivity contribution >= 4 is 0 Å². The first-order valence-corrected chi connectivity index (χ1v) is 7.52. The third-order valence-electron chi connectivity index (χ3n) is 3.34. The molecule has 0 spiro atoms. The van der Waals surface area contributed by atoms with Crippen molar-refractivity contribution < 1.29 is 14.2 Å². The molecule has 0 aromatic heterocycles. The average Bonchev–Trinajstić information content (AvgIpc) is 2.64. The normalized spacial score (nSPS) is 18.2. The zero-order valence-electron chi connectivity index (χ0n) is 12.5. The van der Waals surface area contributed by atoms with Crippen molar-refractivity contribution in [2.75, 3.05) is 26.4 Å². The molecule has 1 atom stereocenters. The van der Waals surface area contributed by atoms with Gasteiger partial charge in [-0.25, -0.2) is 0 Å². The maximum atomic E-state index is 6.17. The van der Waals surface area contributed by atoms with Gasteiger partial charge in [-0.2, -0.15) is 0 Å². The Kier molecular flexibility index (Phi) is 5.68. The second-order valence-electron chi connectivity index (χ2n) is 5.13. The summed E-state index contributed by atoms with van der Waals surface area (Å²) in [5.74, 6) is 1.63. The highest BCUT2D eigenvalue weighted by Crippen LogP contribution is 2.35. The van der Waals surface area contributed by atoms with Crippen LogP contribution in [0.25, 0.3) is 0 Å². The molecule has 0 saturated carbocycles. The summed E-state index contributed by atoms with van der Waals surface area (Å²) in [6.07, 6.45) is 2.83. The van der Waals surface area contributed by atoms with E-state index in [-0.39, 0.29) is 6.04 Å². The number of fused-ring (bicyclic) bond motifs is 1. The van der Waals surface area contributed by atoms with Crippen molar-refractivity contribution in [2.45, 2.75) is 39.2 Å². The zero-order chi connectivity index (χ0) is 14.4. The summed E-state index contributed by atoms with van der Waals surface area (Å²) in [5, 5.41) is 0. The summed E-state index contributed by atoms with van der Waals surface area (Å²) in [5.41, 5.74) is 8.51. The van der Waals surface area contributed by atoms with Crippen LogP contribution in [0.1, 0.15) is 43.9 Å². The molecule has 0 radical (unpaired) electrons. The smallest absolute Gasteiger partial charge is 0.161 e. The van der Waals surface area contributed by atoms with Crippen molar-refractivity contribution in [3.63, 3.8) is 0 Å². The van der Waals surface area contributed by atoms with Crippen molar-refractivity contribution in [1.82, 2.24) is 0 Å². The number of nitrogens with two attached hydrogens (primary N) is 1. The minimum atomic E-state index is -0.0864. The summed E-state index contributed by atoms with van der Waals surface area (Å²) in [6.45, 7) is 6.85. The third-order valence-corrected chi connectivity index (χ3v) is 3.34. The van der Waals surface area contributed by atoms with Gasteiger partial charge < -0.3 is 19.9 Å². The van der Waals surface area contributed by atoms with Crippen LogP contribution in [0.15, 0.2) is 12.1 Å². The van der Waals surface area contributed by atoms with Crippen molar-refractivity contribution in [1.29, 1.82) is 0 Å². The molecule has 1 aliphatic heterocycles. The van der Waals surface area contributed by atoms with Gasteiger partial charge in [-0.1, -0.05) is 13.8 Å². The predicted octanol–water partition coefficient (Wildman–Crippen LogP) is 2.84. The Bertz CT molecular complexity index is 434. The fourth-order valence-corrected chi connectivity index (χ4v) is 2.31. The van der Waals surface area contributed by atoms with E-state index in [1.54, 1.807) is 0 Å². The summed E-state index contributed by atoms with van der Waals surface area (Å²) < 4.78 is 17.2. The fraction of sp³-hybridized carbons (Fsp3) is 0.625. The number of benzene rings is 1. The molecule has 4 heteroatoms. The molecule has 0 saturated heterocycles. The van der Waals surface area contributed by atoms with Crippen LogP contribution in [-0.4, -0.2) is 26.4 Å². The minimum absolute atomic E-state index is 0.0864. The maximum absolute atomic E-state index is 6.17. The molecule has 112 valence electrons. The lowest BCUT2D eigenvalue weighted by molar-refractivity contribution is 0.131. The van der Waals surface area contributed by atoms with Crippen LogP contribution in [0.2, 0.25) is 0 Å². The van der Waals surface area contributed by atoms with Crippen LogP contribution < -0.4 is 15.2 Å². The molecule has 1 aromatic rings. The van der Waals surface area contributed by atoms with Crippen molar-refractivity contribution in [2.24, 2.45) is 5.73 Å². The molecule has 0 fully saturated rings. The number of ether oxygens (including phenoxy) is 3. The van der Waals surface area contributed by atoms with Crippen LogP contribution in [-0.2, 0) is 11.2 Å². The van der Waals surface area contributed by atoms with Gasteiger partial charge in [0, 0.05) is 0 Å². The standard InChI is InChI=1S/C16H25NO3/c1-3-6-19-15-9-12-5-8-18-11-14(17)13(12)10-16(15)20-7-4-2/h9-10,14H,3-8,11,17H2,1-2H3. The summed E-state index contributed by atoms with van der Waals surface area (Å²) in [4.78, 5) is 0. The number of rotatable bonds is 6. The topological polar surface area (TPSA) is 53.7 Å². The molecular weight excluding hydrogens is 254 g/mol. The van der Waals surface area contributed by atoms with Gasteiger partial charge in [0.05, 0.1) is 32.5 Å². The Labute approximate surface area is 121 Å². The molecule has 0 bridgehead atoms. The van der Waals surface area contributed by atoms with E-state index in [1.165, 1.54) is 5.56 Å². The summed E-state index contributed by atoms with van der Waals surface area (Å²) >= 11 is 0. The van der Waals surface area contributed by atoms with Gasteiger partial charge in [-0.05, 0) is 42.5 Å². The minimum Gasteiger partial charge on any atom is -0.490 e. The predicted molar refractivity (Wildman–Crippen MR) is 79.5 cm³/mol. The molecule has 1 aromatic carbocycles. The van der Waals surface area contributed by atoms with Gasteiger partial charge in [0.15, 0.2) is 11.5 Å². The molecule has 0 amide bonds. The first-order valence-electron chi connectivity index (χ1n) is 7.52. The lowest BCUT2D eigenvalue weighted by Crippen LogP contribution is -2.16. The Morgan fingerprint density at radius 2 is 1.80 bits per heavy atom. The Balaban J connectivity index is 2.31. The van der Waals surface area contributed by atoms with E-state index in [1.807, 2.05) is 6.07 Å². The quantitative estimate of drug-likeness (QED) is 0.870. The van der Waals surface area contributed by atoms with E-state index in [2.05, 4.69) is 19.9 Å². The second-order valence-corrected chi connectivity index (χ2v) is 5.13. The SMILES string of the molecule is CCCOc1cc2c(cc1OCCC)C(N)COCC2. The molecular formula is C16H25NO3. The molecule has 1 heterocycles. The van der Waals surface area contributed by atoms with Gasteiger partial charge >= 0.3 is 0 Å². The Morgan fingerprint density at radius 1 is 1.15 bits per heavy atom. The Morgan fingerprint density at radius 3 is 2.45 bits per heavy atom. The van der Waals surface area contributed by atoms with Crippen molar-refractivity contribution in [3.05, 3.63) is 23.3 Å². The van der Waals surface area contributed by atoms with Gasteiger partial charge in [-0.3, -0.25) is 0 Å². The van der Waals surface area contributed by atoms with E-state index in [4.69, 9.17) is 19.9 Å². The third kappa shape index (κ3) is 3.64. The highest BCUT2D eigenvalue weighted by Gasteiger charge is 2.19. The van der Waals surface area contributed by atoms with Crippen LogP contribution in [0.3, 0.4) is 0 Å². The first-order chi connectivity index (χ1) is 9.76. The summed E-state index contributed by atoms with van der Waals surface area (Å²) in [6, 6.07) is 4.02. The number of hydrogen-bond acceptors (Lipinski definition) is 4. The molecule has 1 unspecified atom stereocenters. The monoisotopic (exact) mass is 279 g/mol. The molecule has 4 nitrogen and oxygen atoms in total. The van der Waals surface area contributed by atoms with E-state index >= 15 is 0 Å². The number of hydrogen-bond donors (Lipinski definition) is 1. The average molecular weight is 279 g/mol. The van der Waals surface area contributed by atoms with E-state index < -0.39 is 0 Å². The van der Waals surface area contributed by atoms with Gasteiger partial charge in [-0.15, -0.1) is 0 Å². The highest BCUT2D eigenvalue weighted by atomic mass is 16.5. The zero-order valence-corrected chi connectivity index (χ0v) is 12.5. The van der Waals surface area contributed by atoms with Crippen LogP contribution in [0.5, 0.6) is 11.5 Å². The summed E-state index contributed by atoms with van der Waals surface area (Å²) in [7, 11) is 0. The van der Waals surface area contributed by atoms with E-state index in [0.29, 0.717) is 26.4 Å². The van der Waals surface area contributed by atoms with Gasteiger partial charge in [0.2, 0.25) is 0 Å². The largest absolute Gasteiger partial charge is 0.490 e.